The lowest BCUT2D eigenvalue weighted by Crippen LogP contribution is -2.36. The summed E-state index contributed by atoms with van der Waals surface area (Å²) in [5.74, 6) is 0.522. The molecule has 3 heterocycles. The van der Waals surface area contributed by atoms with E-state index in [1.165, 1.54) is 0 Å². The quantitative estimate of drug-likeness (QED) is 0.914. The van der Waals surface area contributed by atoms with E-state index in [4.69, 9.17) is 4.98 Å². The van der Waals surface area contributed by atoms with Crippen LogP contribution in [0.2, 0.25) is 0 Å². The SMILES string of the molecule is CC(=O)N1CCC(c2cncc(-c3cc(C)[nH]n3)n2)CC1. The highest BCUT2D eigenvalue weighted by molar-refractivity contribution is 5.73. The molecule has 3 rings (SSSR count). The van der Waals surface area contributed by atoms with Crippen LogP contribution in [0.4, 0.5) is 0 Å². The van der Waals surface area contributed by atoms with Gasteiger partial charge in [0.05, 0.1) is 11.9 Å². The van der Waals surface area contributed by atoms with Gasteiger partial charge in [-0.05, 0) is 25.8 Å². The fourth-order valence-corrected chi connectivity index (χ4v) is 2.74. The van der Waals surface area contributed by atoms with Gasteiger partial charge in [-0.3, -0.25) is 14.9 Å². The van der Waals surface area contributed by atoms with Crippen molar-refractivity contribution in [2.45, 2.75) is 32.6 Å². The first-order chi connectivity index (χ1) is 10.1. The summed E-state index contributed by atoms with van der Waals surface area (Å²) >= 11 is 0. The molecule has 1 aliphatic rings. The number of aromatic nitrogens is 4. The third-order valence-electron chi connectivity index (χ3n) is 3.98. The van der Waals surface area contributed by atoms with Crippen LogP contribution in [-0.2, 0) is 4.79 Å². The van der Waals surface area contributed by atoms with E-state index in [9.17, 15) is 4.79 Å². The molecule has 21 heavy (non-hydrogen) atoms. The van der Waals surface area contributed by atoms with Crippen molar-refractivity contribution in [3.63, 3.8) is 0 Å². The van der Waals surface area contributed by atoms with E-state index in [2.05, 4.69) is 15.2 Å². The van der Waals surface area contributed by atoms with E-state index < -0.39 is 0 Å². The van der Waals surface area contributed by atoms with Gasteiger partial charge in [-0.2, -0.15) is 5.10 Å². The Hall–Kier alpha value is -2.24. The number of aromatic amines is 1. The molecular formula is C15H19N5O. The average molecular weight is 285 g/mol. The summed E-state index contributed by atoms with van der Waals surface area (Å²) in [4.78, 5) is 22.3. The molecule has 0 saturated carbocycles. The Morgan fingerprint density at radius 1 is 1.29 bits per heavy atom. The number of aryl methyl sites for hydroxylation is 1. The van der Waals surface area contributed by atoms with Gasteiger partial charge in [0.15, 0.2) is 0 Å². The first-order valence-corrected chi connectivity index (χ1v) is 7.23. The number of carbonyl (C=O) groups is 1. The fourth-order valence-electron chi connectivity index (χ4n) is 2.74. The van der Waals surface area contributed by atoms with E-state index in [0.717, 1.165) is 48.7 Å². The average Bonchev–Trinajstić information content (AvgIpc) is 2.94. The number of nitrogens with zero attached hydrogens (tertiary/aromatic N) is 4. The van der Waals surface area contributed by atoms with Crippen LogP contribution in [0.3, 0.4) is 0 Å². The molecule has 2 aromatic rings. The largest absolute Gasteiger partial charge is 0.343 e. The van der Waals surface area contributed by atoms with Gasteiger partial charge in [0, 0.05) is 37.8 Å². The lowest BCUT2D eigenvalue weighted by Gasteiger charge is -2.30. The Morgan fingerprint density at radius 3 is 2.67 bits per heavy atom. The summed E-state index contributed by atoms with van der Waals surface area (Å²) in [6.45, 7) is 5.19. The highest BCUT2D eigenvalue weighted by Crippen LogP contribution is 2.27. The lowest BCUT2D eigenvalue weighted by atomic mass is 9.93. The molecule has 110 valence electrons. The lowest BCUT2D eigenvalue weighted by molar-refractivity contribution is -0.129. The van der Waals surface area contributed by atoms with Gasteiger partial charge in [0.2, 0.25) is 5.91 Å². The summed E-state index contributed by atoms with van der Waals surface area (Å²) in [6, 6.07) is 1.96. The number of hydrogen-bond acceptors (Lipinski definition) is 4. The van der Waals surface area contributed by atoms with Gasteiger partial charge in [0.1, 0.15) is 11.4 Å². The number of amides is 1. The molecule has 0 bridgehead atoms. The summed E-state index contributed by atoms with van der Waals surface area (Å²) < 4.78 is 0. The molecule has 0 aliphatic carbocycles. The number of H-pyrrole nitrogens is 1. The standard InChI is InChI=1S/C15H19N5O/c1-10-7-13(19-18-10)15-9-16-8-14(17-15)12-3-5-20(6-4-12)11(2)21/h7-9,12H,3-6H2,1-2H3,(H,18,19). The smallest absolute Gasteiger partial charge is 0.219 e. The predicted octanol–water partition coefficient (Wildman–Crippen LogP) is 1.90. The maximum atomic E-state index is 11.4. The van der Waals surface area contributed by atoms with Gasteiger partial charge < -0.3 is 4.90 Å². The van der Waals surface area contributed by atoms with Crippen molar-refractivity contribution in [3.05, 3.63) is 29.8 Å². The summed E-state index contributed by atoms with van der Waals surface area (Å²) in [7, 11) is 0. The molecule has 1 N–H and O–H groups in total. The molecule has 6 heteroatoms. The van der Waals surface area contributed by atoms with Crippen LogP contribution in [0.15, 0.2) is 18.5 Å². The highest BCUT2D eigenvalue weighted by atomic mass is 16.2. The number of carbonyl (C=O) groups excluding carboxylic acids is 1. The van der Waals surface area contributed by atoms with Crippen molar-refractivity contribution in [1.29, 1.82) is 0 Å². The Labute approximate surface area is 123 Å². The van der Waals surface area contributed by atoms with Crippen LogP contribution in [0, 0.1) is 6.92 Å². The van der Waals surface area contributed by atoms with Crippen LogP contribution in [0.25, 0.3) is 11.4 Å². The number of nitrogens with one attached hydrogen (secondary N) is 1. The molecule has 0 aromatic carbocycles. The molecule has 1 fully saturated rings. The van der Waals surface area contributed by atoms with Crippen molar-refractivity contribution >= 4 is 5.91 Å². The summed E-state index contributed by atoms with van der Waals surface area (Å²) in [5, 5.41) is 7.15. The van der Waals surface area contributed by atoms with Crippen LogP contribution in [0.5, 0.6) is 0 Å². The molecule has 1 aliphatic heterocycles. The van der Waals surface area contributed by atoms with Crippen molar-refractivity contribution in [2.75, 3.05) is 13.1 Å². The van der Waals surface area contributed by atoms with E-state index in [0.29, 0.717) is 5.92 Å². The van der Waals surface area contributed by atoms with E-state index in [1.54, 1.807) is 13.1 Å². The molecule has 6 nitrogen and oxygen atoms in total. The van der Waals surface area contributed by atoms with Crippen LogP contribution < -0.4 is 0 Å². The maximum Gasteiger partial charge on any atom is 0.219 e. The molecular weight excluding hydrogens is 266 g/mol. The van der Waals surface area contributed by atoms with Gasteiger partial charge in [0.25, 0.3) is 0 Å². The second-order valence-corrected chi connectivity index (χ2v) is 5.55. The monoisotopic (exact) mass is 285 g/mol. The second kappa shape index (κ2) is 5.63. The number of piperidine rings is 1. The molecule has 0 unspecified atom stereocenters. The minimum atomic E-state index is 0.153. The molecule has 0 radical (unpaired) electrons. The zero-order valence-electron chi connectivity index (χ0n) is 12.3. The van der Waals surface area contributed by atoms with Crippen molar-refractivity contribution in [1.82, 2.24) is 25.1 Å². The topological polar surface area (TPSA) is 74.8 Å². The fraction of sp³-hybridized carbons (Fsp3) is 0.467. The maximum absolute atomic E-state index is 11.4. The van der Waals surface area contributed by atoms with Crippen LogP contribution in [-0.4, -0.2) is 44.1 Å². The van der Waals surface area contributed by atoms with Crippen molar-refractivity contribution in [3.8, 4) is 11.4 Å². The summed E-state index contributed by atoms with van der Waals surface area (Å²) in [6.07, 6.45) is 5.45. The third kappa shape index (κ3) is 2.94. The molecule has 0 spiro atoms. The van der Waals surface area contributed by atoms with Crippen molar-refractivity contribution < 1.29 is 4.79 Å². The van der Waals surface area contributed by atoms with Gasteiger partial charge in [-0.1, -0.05) is 0 Å². The van der Waals surface area contributed by atoms with E-state index in [1.807, 2.05) is 24.1 Å². The number of likely N-dealkylation sites (tertiary alicyclic amines) is 1. The third-order valence-corrected chi connectivity index (χ3v) is 3.98. The minimum absolute atomic E-state index is 0.153. The number of rotatable bonds is 2. The van der Waals surface area contributed by atoms with E-state index >= 15 is 0 Å². The zero-order chi connectivity index (χ0) is 14.8. The molecule has 2 aromatic heterocycles. The first kappa shape index (κ1) is 13.7. The minimum Gasteiger partial charge on any atom is -0.343 e. The highest BCUT2D eigenvalue weighted by Gasteiger charge is 2.23. The number of hydrogen-bond donors (Lipinski definition) is 1. The molecule has 1 saturated heterocycles. The Morgan fingerprint density at radius 2 is 2.05 bits per heavy atom. The normalized spacial score (nSPS) is 16.2. The van der Waals surface area contributed by atoms with Crippen molar-refractivity contribution in [2.24, 2.45) is 0 Å². The first-order valence-electron chi connectivity index (χ1n) is 7.23. The Kier molecular flexibility index (Phi) is 3.68. The van der Waals surface area contributed by atoms with Gasteiger partial charge >= 0.3 is 0 Å². The summed E-state index contributed by atoms with van der Waals surface area (Å²) in [5.41, 5.74) is 3.62. The molecule has 0 atom stereocenters. The Bertz CT molecular complexity index is 643. The second-order valence-electron chi connectivity index (χ2n) is 5.55. The molecule has 1 amide bonds. The van der Waals surface area contributed by atoms with Gasteiger partial charge in [-0.15, -0.1) is 0 Å². The van der Waals surface area contributed by atoms with Crippen LogP contribution >= 0.6 is 0 Å². The van der Waals surface area contributed by atoms with E-state index in [-0.39, 0.29) is 5.91 Å². The van der Waals surface area contributed by atoms with Gasteiger partial charge in [-0.25, -0.2) is 4.98 Å². The van der Waals surface area contributed by atoms with Crippen LogP contribution in [0.1, 0.15) is 37.1 Å². The Balaban J connectivity index is 1.76. The predicted molar refractivity (Wildman–Crippen MR) is 78.6 cm³/mol. The zero-order valence-corrected chi connectivity index (χ0v) is 12.3.